The highest BCUT2D eigenvalue weighted by molar-refractivity contribution is 5.78. The van der Waals surface area contributed by atoms with Crippen LogP contribution in [0.15, 0.2) is 24.3 Å². The Balaban J connectivity index is 2.38. The first-order chi connectivity index (χ1) is 8.65. The highest BCUT2D eigenvalue weighted by Gasteiger charge is 2.10. The fraction of sp³-hybridized carbons (Fsp3) is 0.533. The van der Waals surface area contributed by atoms with Gasteiger partial charge in [-0.2, -0.15) is 0 Å². The number of hydrogen-bond donors (Lipinski definition) is 1. The summed E-state index contributed by atoms with van der Waals surface area (Å²) in [5.74, 6) is 0.160. The Morgan fingerprint density at radius 3 is 2.61 bits per heavy atom. The fourth-order valence-electron chi connectivity index (χ4n) is 1.87. The maximum Gasteiger partial charge on any atom is 0.226 e. The van der Waals surface area contributed by atoms with Crippen molar-refractivity contribution in [3.05, 3.63) is 35.4 Å². The van der Waals surface area contributed by atoms with E-state index in [0.29, 0.717) is 6.42 Å². The Morgan fingerprint density at radius 2 is 1.94 bits per heavy atom. The molecule has 0 fully saturated rings. The van der Waals surface area contributed by atoms with Crippen molar-refractivity contribution in [3.63, 3.8) is 0 Å². The Hall–Kier alpha value is -1.35. The summed E-state index contributed by atoms with van der Waals surface area (Å²) in [6.07, 6.45) is 3.22. The SMILES string of the molecule is Cc1ccccc1CC(=O)N(C)CCCCCO. The molecule has 3 heteroatoms. The number of carbonyl (C=O) groups is 1. The summed E-state index contributed by atoms with van der Waals surface area (Å²) >= 11 is 0. The quantitative estimate of drug-likeness (QED) is 0.752. The monoisotopic (exact) mass is 249 g/mol. The molecule has 3 nitrogen and oxygen atoms in total. The fourth-order valence-corrected chi connectivity index (χ4v) is 1.87. The van der Waals surface area contributed by atoms with E-state index in [2.05, 4.69) is 0 Å². The van der Waals surface area contributed by atoms with Crippen LogP contribution >= 0.6 is 0 Å². The lowest BCUT2D eigenvalue weighted by molar-refractivity contribution is -0.129. The van der Waals surface area contributed by atoms with Crippen LogP contribution in [0.1, 0.15) is 30.4 Å². The molecule has 0 bridgehead atoms. The molecule has 1 aromatic rings. The Morgan fingerprint density at radius 1 is 1.22 bits per heavy atom. The summed E-state index contributed by atoms with van der Waals surface area (Å²) in [5, 5.41) is 8.69. The molecule has 0 atom stereocenters. The van der Waals surface area contributed by atoms with Gasteiger partial charge < -0.3 is 10.0 Å². The highest BCUT2D eigenvalue weighted by atomic mass is 16.2. The van der Waals surface area contributed by atoms with E-state index in [1.54, 1.807) is 4.90 Å². The van der Waals surface area contributed by atoms with Gasteiger partial charge in [0.15, 0.2) is 0 Å². The molecular weight excluding hydrogens is 226 g/mol. The minimum atomic E-state index is 0.160. The topological polar surface area (TPSA) is 40.5 Å². The van der Waals surface area contributed by atoms with Gasteiger partial charge in [0.25, 0.3) is 0 Å². The molecule has 0 heterocycles. The first-order valence-corrected chi connectivity index (χ1v) is 6.54. The number of benzene rings is 1. The first-order valence-electron chi connectivity index (χ1n) is 6.54. The zero-order valence-corrected chi connectivity index (χ0v) is 11.4. The van der Waals surface area contributed by atoms with E-state index in [9.17, 15) is 4.79 Å². The van der Waals surface area contributed by atoms with Crippen molar-refractivity contribution in [2.24, 2.45) is 0 Å². The lowest BCUT2D eigenvalue weighted by atomic mass is 10.1. The van der Waals surface area contributed by atoms with Crippen LogP contribution in [0.4, 0.5) is 0 Å². The second kappa shape index (κ2) is 7.88. The number of amides is 1. The van der Waals surface area contributed by atoms with Gasteiger partial charge >= 0.3 is 0 Å². The van der Waals surface area contributed by atoms with E-state index in [-0.39, 0.29) is 12.5 Å². The van der Waals surface area contributed by atoms with Crippen molar-refractivity contribution < 1.29 is 9.90 Å². The largest absolute Gasteiger partial charge is 0.396 e. The van der Waals surface area contributed by atoms with Gasteiger partial charge in [0.1, 0.15) is 0 Å². The van der Waals surface area contributed by atoms with Crippen molar-refractivity contribution in [1.82, 2.24) is 4.90 Å². The maximum atomic E-state index is 12.0. The summed E-state index contributed by atoms with van der Waals surface area (Å²) < 4.78 is 0. The molecule has 1 rings (SSSR count). The van der Waals surface area contributed by atoms with Crippen LogP contribution in [0.5, 0.6) is 0 Å². The van der Waals surface area contributed by atoms with E-state index in [1.165, 1.54) is 5.56 Å². The van der Waals surface area contributed by atoms with Crippen molar-refractivity contribution in [2.45, 2.75) is 32.6 Å². The zero-order valence-electron chi connectivity index (χ0n) is 11.4. The molecule has 0 unspecified atom stereocenters. The minimum Gasteiger partial charge on any atom is -0.396 e. The van der Waals surface area contributed by atoms with Gasteiger partial charge in [-0.05, 0) is 37.3 Å². The number of nitrogens with zero attached hydrogens (tertiary/aromatic N) is 1. The first kappa shape index (κ1) is 14.7. The van der Waals surface area contributed by atoms with Crippen molar-refractivity contribution in [1.29, 1.82) is 0 Å². The molecule has 0 aromatic heterocycles. The van der Waals surface area contributed by atoms with Gasteiger partial charge in [0, 0.05) is 20.2 Å². The summed E-state index contributed by atoms with van der Waals surface area (Å²) in [4.78, 5) is 13.8. The molecule has 18 heavy (non-hydrogen) atoms. The third kappa shape index (κ3) is 4.88. The lowest BCUT2D eigenvalue weighted by Gasteiger charge is -2.17. The van der Waals surface area contributed by atoms with Gasteiger partial charge in [0.2, 0.25) is 5.91 Å². The number of carbonyl (C=O) groups excluding carboxylic acids is 1. The number of aryl methyl sites for hydroxylation is 1. The Labute approximate surface area is 109 Å². The third-order valence-electron chi connectivity index (χ3n) is 3.18. The zero-order chi connectivity index (χ0) is 13.4. The molecule has 0 radical (unpaired) electrons. The number of rotatable bonds is 7. The minimum absolute atomic E-state index is 0.160. The average Bonchev–Trinajstić information content (AvgIpc) is 2.37. The third-order valence-corrected chi connectivity index (χ3v) is 3.18. The maximum absolute atomic E-state index is 12.0. The second-order valence-electron chi connectivity index (χ2n) is 4.70. The van der Waals surface area contributed by atoms with Crippen LogP contribution in [-0.2, 0) is 11.2 Å². The smallest absolute Gasteiger partial charge is 0.226 e. The molecule has 1 N–H and O–H groups in total. The van der Waals surface area contributed by atoms with Gasteiger partial charge in [-0.25, -0.2) is 0 Å². The van der Waals surface area contributed by atoms with Crippen LogP contribution in [0.3, 0.4) is 0 Å². The van der Waals surface area contributed by atoms with Gasteiger partial charge in [-0.15, -0.1) is 0 Å². The standard InChI is InChI=1S/C15H23NO2/c1-13-8-4-5-9-14(13)12-15(18)16(2)10-6-3-7-11-17/h4-5,8-9,17H,3,6-7,10-12H2,1-2H3. The predicted molar refractivity (Wildman–Crippen MR) is 73.5 cm³/mol. The molecule has 0 saturated carbocycles. The summed E-state index contributed by atoms with van der Waals surface area (Å²) in [7, 11) is 1.85. The van der Waals surface area contributed by atoms with Crippen molar-refractivity contribution in [2.75, 3.05) is 20.2 Å². The van der Waals surface area contributed by atoms with E-state index < -0.39 is 0 Å². The highest BCUT2D eigenvalue weighted by Crippen LogP contribution is 2.09. The van der Waals surface area contributed by atoms with Crippen molar-refractivity contribution >= 4 is 5.91 Å². The number of aliphatic hydroxyl groups excluding tert-OH is 1. The van der Waals surface area contributed by atoms with E-state index >= 15 is 0 Å². The van der Waals surface area contributed by atoms with Crippen LogP contribution in [0.25, 0.3) is 0 Å². The summed E-state index contributed by atoms with van der Waals surface area (Å²) in [6.45, 7) is 3.04. The Bertz CT molecular complexity index is 377. The average molecular weight is 249 g/mol. The summed E-state index contributed by atoms with van der Waals surface area (Å²) in [6, 6.07) is 8.00. The van der Waals surface area contributed by atoms with E-state index in [0.717, 1.165) is 31.4 Å². The van der Waals surface area contributed by atoms with Gasteiger partial charge in [-0.1, -0.05) is 24.3 Å². The van der Waals surface area contributed by atoms with E-state index in [1.807, 2.05) is 38.2 Å². The Kier molecular flexibility index (Phi) is 6.44. The molecule has 100 valence electrons. The molecule has 0 aliphatic heterocycles. The lowest BCUT2D eigenvalue weighted by Crippen LogP contribution is -2.29. The molecule has 1 aromatic carbocycles. The predicted octanol–water partition coefficient (Wildman–Crippen LogP) is 2.16. The normalized spacial score (nSPS) is 10.4. The molecule has 1 amide bonds. The number of hydrogen-bond acceptors (Lipinski definition) is 2. The van der Waals surface area contributed by atoms with Crippen LogP contribution in [0.2, 0.25) is 0 Å². The molecule has 0 spiro atoms. The molecule has 0 saturated heterocycles. The van der Waals surface area contributed by atoms with Crippen LogP contribution < -0.4 is 0 Å². The van der Waals surface area contributed by atoms with E-state index in [4.69, 9.17) is 5.11 Å². The summed E-state index contributed by atoms with van der Waals surface area (Å²) in [5.41, 5.74) is 2.27. The number of unbranched alkanes of at least 4 members (excludes halogenated alkanes) is 2. The molecule has 0 aliphatic carbocycles. The van der Waals surface area contributed by atoms with Crippen LogP contribution in [-0.4, -0.2) is 36.1 Å². The van der Waals surface area contributed by atoms with Gasteiger partial charge in [0.05, 0.1) is 6.42 Å². The van der Waals surface area contributed by atoms with Crippen molar-refractivity contribution in [3.8, 4) is 0 Å². The number of aliphatic hydroxyl groups is 1. The van der Waals surface area contributed by atoms with Gasteiger partial charge in [-0.3, -0.25) is 4.79 Å². The molecule has 0 aliphatic rings. The van der Waals surface area contributed by atoms with Crippen LogP contribution in [0, 0.1) is 6.92 Å². The second-order valence-corrected chi connectivity index (χ2v) is 4.70. The number of likely N-dealkylation sites (N-methyl/N-ethyl adjacent to an activating group) is 1. The molecular formula is C15H23NO2.